The SMILES string of the molecule is NC1CC(CC(=O)O)CN(c2ccc(F)cc2F)C1. The summed E-state index contributed by atoms with van der Waals surface area (Å²) in [4.78, 5) is 12.4. The summed E-state index contributed by atoms with van der Waals surface area (Å²) in [6.45, 7) is 0.862. The van der Waals surface area contributed by atoms with Gasteiger partial charge in [0.1, 0.15) is 11.6 Å². The summed E-state index contributed by atoms with van der Waals surface area (Å²) >= 11 is 0. The fourth-order valence-corrected chi connectivity index (χ4v) is 2.58. The minimum absolute atomic E-state index is 0.00696. The fraction of sp³-hybridized carbons (Fsp3) is 0.462. The topological polar surface area (TPSA) is 66.6 Å². The second kappa shape index (κ2) is 5.52. The average Bonchev–Trinajstić information content (AvgIpc) is 2.26. The highest BCUT2D eigenvalue weighted by Crippen LogP contribution is 2.27. The van der Waals surface area contributed by atoms with E-state index in [1.54, 1.807) is 4.90 Å². The number of carboxylic acid groups (broad SMARTS) is 1. The molecule has 2 rings (SSSR count). The van der Waals surface area contributed by atoms with Crippen molar-refractivity contribution in [3.63, 3.8) is 0 Å². The Bertz CT molecular complexity index is 482. The first-order valence-corrected chi connectivity index (χ1v) is 6.13. The molecular weight excluding hydrogens is 254 g/mol. The summed E-state index contributed by atoms with van der Waals surface area (Å²) in [5.41, 5.74) is 6.15. The van der Waals surface area contributed by atoms with E-state index in [4.69, 9.17) is 10.8 Å². The lowest BCUT2D eigenvalue weighted by atomic mass is 9.91. The van der Waals surface area contributed by atoms with Gasteiger partial charge in [0.25, 0.3) is 0 Å². The van der Waals surface area contributed by atoms with Crippen LogP contribution in [0.5, 0.6) is 0 Å². The molecule has 2 atom stereocenters. The lowest BCUT2D eigenvalue weighted by Gasteiger charge is -2.37. The molecule has 1 aromatic rings. The Hall–Kier alpha value is -1.69. The number of nitrogens with two attached hydrogens (primary N) is 1. The van der Waals surface area contributed by atoms with Crippen molar-refractivity contribution in [2.75, 3.05) is 18.0 Å². The minimum Gasteiger partial charge on any atom is -0.481 e. The summed E-state index contributed by atoms with van der Waals surface area (Å²) in [5.74, 6) is -2.29. The van der Waals surface area contributed by atoms with Gasteiger partial charge in [0, 0.05) is 31.6 Å². The molecule has 0 saturated carbocycles. The molecular formula is C13H16F2N2O2. The highest BCUT2D eigenvalue weighted by Gasteiger charge is 2.28. The molecule has 1 saturated heterocycles. The maximum atomic E-state index is 13.7. The molecule has 0 spiro atoms. The van der Waals surface area contributed by atoms with Gasteiger partial charge in [-0.1, -0.05) is 0 Å². The van der Waals surface area contributed by atoms with Crippen LogP contribution < -0.4 is 10.6 Å². The van der Waals surface area contributed by atoms with E-state index in [9.17, 15) is 13.6 Å². The largest absolute Gasteiger partial charge is 0.481 e. The van der Waals surface area contributed by atoms with Crippen molar-refractivity contribution in [1.29, 1.82) is 0 Å². The van der Waals surface area contributed by atoms with E-state index in [0.29, 0.717) is 19.5 Å². The number of nitrogens with zero attached hydrogens (tertiary/aromatic N) is 1. The predicted octanol–water partition coefficient (Wildman–Crippen LogP) is 1.59. The van der Waals surface area contributed by atoms with Crippen molar-refractivity contribution in [2.45, 2.75) is 18.9 Å². The van der Waals surface area contributed by atoms with Gasteiger partial charge >= 0.3 is 5.97 Å². The molecule has 1 aliphatic heterocycles. The quantitative estimate of drug-likeness (QED) is 0.875. The first kappa shape index (κ1) is 13.7. The Balaban J connectivity index is 2.16. The second-order valence-corrected chi connectivity index (χ2v) is 4.96. The van der Waals surface area contributed by atoms with Crippen molar-refractivity contribution in [3.8, 4) is 0 Å². The molecule has 3 N–H and O–H groups in total. The van der Waals surface area contributed by atoms with E-state index in [0.717, 1.165) is 6.07 Å². The summed E-state index contributed by atoms with van der Waals surface area (Å²) in [5, 5.41) is 8.82. The number of aliphatic carboxylic acids is 1. The maximum Gasteiger partial charge on any atom is 0.303 e. The molecule has 104 valence electrons. The third-order valence-corrected chi connectivity index (χ3v) is 3.28. The van der Waals surface area contributed by atoms with Crippen LogP contribution in [0.4, 0.5) is 14.5 Å². The third kappa shape index (κ3) is 3.41. The smallest absolute Gasteiger partial charge is 0.303 e. The number of anilines is 1. The number of carboxylic acids is 1. The van der Waals surface area contributed by atoms with Crippen LogP contribution in [-0.2, 0) is 4.79 Å². The number of hydrogen-bond donors (Lipinski definition) is 2. The average molecular weight is 270 g/mol. The summed E-state index contributed by atoms with van der Waals surface area (Å²) < 4.78 is 26.6. The van der Waals surface area contributed by atoms with E-state index in [1.807, 2.05) is 0 Å². The van der Waals surface area contributed by atoms with Gasteiger partial charge in [0.15, 0.2) is 0 Å². The van der Waals surface area contributed by atoms with E-state index < -0.39 is 17.6 Å². The molecule has 1 fully saturated rings. The molecule has 0 bridgehead atoms. The number of hydrogen-bond acceptors (Lipinski definition) is 3. The lowest BCUT2D eigenvalue weighted by molar-refractivity contribution is -0.138. The van der Waals surface area contributed by atoms with E-state index >= 15 is 0 Å². The van der Waals surface area contributed by atoms with Gasteiger partial charge in [0.05, 0.1) is 5.69 Å². The first-order chi connectivity index (χ1) is 8.95. The number of halogens is 2. The van der Waals surface area contributed by atoms with Crippen LogP contribution in [0.1, 0.15) is 12.8 Å². The zero-order chi connectivity index (χ0) is 14.0. The molecule has 0 radical (unpaired) electrons. The third-order valence-electron chi connectivity index (χ3n) is 3.28. The van der Waals surface area contributed by atoms with Crippen LogP contribution in [0.2, 0.25) is 0 Å². The Kier molecular flexibility index (Phi) is 3.99. The van der Waals surface area contributed by atoms with Crippen molar-refractivity contribution >= 4 is 11.7 Å². The summed E-state index contributed by atoms with van der Waals surface area (Å²) in [6, 6.07) is 3.16. The highest BCUT2D eigenvalue weighted by atomic mass is 19.1. The van der Waals surface area contributed by atoms with Crippen LogP contribution in [0.25, 0.3) is 0 Å². The standard InChI is InChI=1S/C13H16F2N2O2/c14-9-1-2-12(11(15)5-9)17-6-8(4-13(18)19)3-10(16)7-17/h1-2,5,8,10H,3-4,6-7,16H2,(H,18,19). The molecule has 1 aliphatic rings. The molecule has 0 amide bonds. The van der Waals surface area contributed by atoms with Crippen LogP contribution in [0, 0.1) is 17.6 Å². The molecule has 6 heteroatoms. The van der Waals surface area contributed by atoms with E-state index in [1.165, 1.54) is 12.1 Å². The zero-order valence-electron chi connectivity index (χ0n) is 10.4. The summed E-state index contributed by atoms with van der Waals surface area (Å²) in [7, 11) is 0. The lowest BCUT2D eigenvalue weighted by Crippen LogP contribution is -2.47. The Morgan fingerprint density at radius 1 is 1.42 bits per heavy atom. The number of benzene rings is 1. The molecule has 0 aromatic heterocycles. The molecule has 19 heavy (non-hydrogen) atoms. The van der Waals surface area contributed by atoms with Gasteiger partial charge in [-0.25, -0.2) is 8.78 Å². The van der Waals surface area contributed by atoms with E-state index in [-0.39, 0.29) is 24.1 Å². The Morgan fingerprint density at radius 3 is 2.79 bits per heavy atom. The van der Waals surface area contributed by atoms with Gasteiger partial charge in [-0.05, 0) is 24.5 Å². The van der Waals surface area contributed by atoms with Gasteiger partial charge in [-0.2, -0.15) is 0 Å². The monoisotopic (exact) mass is 270 g/mol. The number of piperidine rings is 1. The van der Waals surface area contributed by atoms with Gasteiger partial charge in [0.2, 0.25) is 0 Å². The van der Waals surface area contributed by atoms with Gasteiger partial charge in [-0.15, -0.1) is 0 Å². The molecule has 4 nitrogen and oxygen atoms in total. The Morgan fingerprint density at radius 2 is 2.16 bits per heavy atom. The molecule has 0 aliphatic carbocycles. The molecule has 2 unspecified atom stereocenters. The number of carbonyl (C=O) groups is 1. The van der Waals surface area contributed by atoms with Crippen molar-refractivity contribution in [1.82, 2.24) is 0 Å². The predicted molar refractivity (Wildman–Crippen MR) is 66.9 cm³/mol. The zero-order valence-corrected chi connectivity index (χ0v) is 10.4. The maximum absolute atomic E-state index is 13.7. The molecule has 1 heterocycles. The van der Waals surface area contributed by atoms with Crippen LogP contribution in [0.15, 0.2) is 18.2 Å². The number of rotatable bonds is 3. The van der Waals surface area contributed by atoms with E-state index in [2.05, 4.69) is 0 Å². The fourth-order valence-electron chi connectivity index (χ4n) is 2.58. The minimum atomic E-state index is -0.890. The highest BCUT2D eigenvalue weighted by molar-refractivity contribution is 5.67. The van der Waals surface area contributed by atoms with Gasteiger partial charge < -0.3 is 15.7 Å². The van der Waals surface area contributed by atoms with Crippen molar-refractivity contribution in [3.05, 3.63) is 29.8 Å². The normalized spacial score (nSPS) is 23.4. The van der Waals surface area contributed by atoms with Crippen molar-refractivity contribution in [2.24, 2.45) is 11.7 Å². The Labute approximate surface area is 109 Å². The molecule has 1 aromatic carbocycles. The van der Waals surface area contributed by atoms with Crippen LogP contribution in [0.3, 0.4) is 0 Å². The first-order valence-electron chi connectivity index (χ1n) is 6.13. The van der Waals surface area contributed by atoms with Crippen LogP contribution >= 0.6 is 0 Å². The van der Waals surface area contributed by atoms with Crippen molar-refractivity contribution < 1.29 is 18.7 Å². The second-order valence-electron chi connectivity index (χ2n) is 4.96. The van der Waals surface area contributed by atoms with Gasteiger partial charge in [-0.3, -0.25) is 4.79 Å². The van der Waals surface area contributed by atoms with Crippen LogP contribution in [-0.4, -0.2) is 30.2 Å². The summed E-state index contributed by atoms with van der Waals surface area (Å²) in [6.07, 6.45) is 0.610.